The molecule has 6 heteroatoms. The second-order valence-electron chi connectivity index (χ2n) is 7.31. The number of carbonyl (C=O) groups is 2. The van der Waals surface area contributed by atoms with Gasteiger partial charge in [-0.15, -0.1) is 0 Å². The summed E-state index contributed by atoms with van der Waals surface area (Å²) >= 11 is 0. The van der Waals surface area contributed by atoms with Gasteiger partial charge in [-0.3, -0.25) is 14.5 Å². The minimum absolute atomic E-state index is 0.0753. The van der Waals surface area contributed by atoms with Crippen LogP contribution >= 0.6 is 0 Å². The van der Waals surface area contributed by atoms with Crippen LogP contribution in [0.1, 0.15) is 33.5 Å². The first-order valence-corrected chi connectivity index (χ1v) is 10.1. The quantitative estimate of drug-likeness (QED) is 0.719. The Bertz CT molecular complexity index is 832. The van der Waals surface area contributed by atoms with E-state index < -0.39 is 0 Å². The van der Waals surface area contributed by atoms with Crippen molar-refractivity contribution in [2.75, 3.05) is 32.8 Å². The Morgan fingerprint density at radius 3 is 2.55 bits per heavy atom. The highest BCUT2D eigenvalue weighted by atomic mass is 16.5. The lowest BCUT2D eigenvalue weighted by atomic mass is 10.1. The van der Waals surface area contributed by atoms with E-state index in [2.05, 4.69) is 27.7 Å². The van der Waals surface area contributed by atoms with Gasteiger partial charge in [0.05, 0.1) is 13.2 Å². The highest BCUT2D eigenvalue weighted by Crippen LogP contribution is 2.10. The van der Waals surface area contributed by atoms with Crippen LogP contribution in [0.2, 0.25) is 0 Å². The third-order valence-corrected chi connectivity index (χ3v) is 5.02. The molecule has 1 saturated heterocycles. The Balaban J connectivity index is 1.39. The van der Waals surface area contributed by atoms with Crippen LogP contribution in [0.15, 0.2) is 48.5 Å². The highest BCUT2D eigenvalue weighted by Gasteiger charge is 2.11. The molecule has 2 aromatic carbocycles. The summed E-state index contributed by atoms with van der Waals surface area (Å²) in [6, 6.07) is 15.7. The molecule has 2 aromatic rings. The fraction of sp³-hybridized carbons (Fsp3) is 0.391. The highest BCUT2D eigenvalue weighted by molar-refractivity contribution is 5.95. The SMILES string of the molecule is Cc1ccccc1C(=O)NCCC(=O)NCc1cccc(CN2CCOCC2)c1. The fourth-order valence-corrected chi connectivity index (χ4v) is 3.36. The van der Waals surface area contributed by atoms with Crippen molar-refractivity contribution in [3.05, 3.63) is 70.8 Å². The van der Waals surface area contributed by atoms with Gasteiger partial charge in [-0.2, -0.15) is 0 Å². The van der Waals surface area contributed by atoms with Crippen molar-refractivity contribution in [1.82, 2.24) is 15.5 Å². The van der Waals surface area contributed by atoms with Gasteiger partial charge in [0.2, 0.25) is 5.91 Å². The molecule has 29 heavy (non-hydrogen) atoms. The zero-order chi connectivity index (χ0) is 20.5. The Morgan fingerprint density at radius 1 is 1.00 bits per heavy atom. The van der Waals surface area contributed by atoms with E-state index in [4.69, 9.17) is 4.74 Å². The first-order chi connectivity index (χ1) is 14.1. The van der Waals surface area contributed by atoms with Crippen LogP contribution < -0.4 is 10.6 Å². The average Bonchev–Trinajstić information content (AvgIpc) is 2.73. The molecule has 6 nitrogen and oxygen atoms in total. The second kappa shape index (κ2) is 10.7. The maximum atomic E-state index is 12.2. The van der Waals surface area contributed by atoms with E-state index in [1.165, 1.54) is 5.56 Å². The molecule has 0 radical (unpaired) electrons. The molecule has 154 valence electrons. The number of hydrogen-bond donors (Lipinski definition) is 2. The molecule has 0 unspecified atom stereocenters. The largest absolute Gasteiger partial charge is 0.379 e. The van der Waals surface area contributed by atoms with Crippen molar-refractivity contribution in [1.29, 1.82) is 0 Å². The van der Waals surface area contributed by atoms with Crippen LogP contribution in [0.25, 0.3) is 0 Å². The van der Waals surface area contributed by atoms with Gasteiger partial charge in [0.1, 0.15) is 0 Å². The Morgan fingerprint density at radius 2 is 1.76 bits per heavy atom. The summed E-state index contributed by atoms with van der Waals surface area (Å²) in [5.41, 5.74) is 3.88. The Labute approximate surface area is 172 Å². The summed E-state index contributed by atoms with van der Waals surface area (Å²) in [7, 11) is 0. The van der Waals surface area contributed by atoms with Gasteiger partial charge < -0.3 is 15.4 Å². The number of aryl methyl sites for hydroxylation is 1. The van der Waals surface area contributed by atoms with Gasteiger partial charge in [-0.1, -0.05) is 42.5 Å². The summed E-state index contributed by atoms with van der Waals surface area (Å²) in [6.45, 7) is 7.08. The van der Waals surface area contributed by atoms with E-state index in [0.29, 0.717) is 18.7 Å². The molecule has 0 aromatic heterocycles. The monoisotopic (exact) mass is 395 g/mol. The lowest BCUT2D eigenvalue weighted by Crippen LogP contribution is -2.35. The van der Waals surface area contributed by atoms with Crippen molar-refractivity contribution in [2.24, 2.45) is 0 Å². The second-order valence-corrected chi connectivity index (χ2v) is 7.31. The van der Waals surface area contributed by atoms with E-state index in [-0.39, 0.29) is 18.2 Å². The summed E-state index contributed by atoms with van der Waals surface area (Å²) in [6.07, 6.45) is 0.255. The van der Waals surface area contributed by atoms with E-state index in [1.807, 2.05) is 37.3 Å². The number of benzene rings is 2. The summed E-state index contributed by atoms with van der Waals surface area (Å²) in [5, 5.41) is 5.74. The van der Waals surface area contributed by atoms with Crippen LogP contribution in [0.5, 0.6) is 0 Å². The number of nitrogens with one attached hydrogen (secondary N) is 2. The maximum Gasteiger partial charge on any atom is 0.251 e. The van der Waals surface area contributed by atoms with Gasteiger partial charge >= 0.3 is 0 Å². The van der Waals surface area contributed by atoms with Gasteiger partial charge in [0.15, 0.2) is 0 Å². The van der Waals surface area contributed by atoms with Crippen molar-refractivity contribution in [2.45, 2.75) is 26.4 Å². The molecule has 2 N–H and O–H groups in total. The maximum absolute atomic E-state index is 12.2. The molecule has 1 aliphatic rings. The predicted molar refractivity (Wildman–Crippen MR) is 113 cm³/mol. The smallest absolute Gasteiger partial charge is 0.251 e. The van der Waals surface area contributed by atoms with Crippen LogP contribution in [0.3, 0.4) is 0 Å². The Kier molecular flexibility index (Phi) is 7.78. The standard InChI is InChI=1S/C23H29N3O3/c1-18-5-2-3-8-21(18)23(28)24-10-9-22(27)25-16-19-6-4-7-20(15-19)17-26-11-13-29-14-12-26/h2-8,15H,9-14,16-17H2,1H3,(H,24,28)(H,25,27). The molecule has 0 aliphatic carbocycles. The number of morpholine rings is 1. The van der Waals surface area contributed by atoms with Crippen molar-refractivity contribution >= 4 is 11.8 Å². The first-order valence-electron chi connectivity index (χ1n) is 10.1. The Hall–Kier alpha value is -2.70. The lowest BCUT2D eigenvalue weighted by molar-refractivity contribution is -0.121. The molecule has 3 rings (SSSR count). The molecule has 0 spiro atoms. The van der Waals surface area contributed by atoms with Gasteiger partial charge in [-0.05, 0) is 29.7 Å². The topological polar surface area (TPSA) is 70.7 Å². The van der Waals surface area contributed by atoms with E-state index in [0.717, 1.165) is 44.0 Å². The number of amides is 2. The zero-order valence-electron chi connectivity index (χ0n) is 16.9. The fourth-order valence-electron chi connectivity index (χ4n) is 3.36. The molecular formula is C23H29N3O3. The lowest BCUT2D eigenvalue weighted by Gasteiger charge is -2.26. The van der Waals surface area contributed by atoms with Gasteiger partial charge in [-0.25, -0.2) is 0 Å². The third-order valence-electron chi connectivity index (χ3n) is 5.02. The molecule has 1 fully saturated rings. The summed E-state index contributed by atoms with van der Waals surface area (Å²) in [4.78, 5) is 26.7. The van der Waals surface area contributed by atoms with Gasteiger partial charge in [0.25, 0.3) is 5.91 Å². The van der Waals surface area contributed by atoms with E-state index in [9.17, 15) is 9.59 Å². The normalized spacial score (nSPS) is 14.4. The summed E-state index contributed by atoms with van der Waals surface area (Å²) < 4.78 is 5.39. The summed E-state index contributed by atoms with van der Waals surface area (Å²) in [5.74, 6) is -0.222. The molecule has 0 bridgehead atoms. The number of rotatable bonds is 8. The van der Waals surface area contributed by atoms with Crippen LogP contribution in [-0.2, 0) is 22.6 Å². The first kappa shape index (κ1) is 21.0. The molecule has 1 aliphatic heterocycles. The number of ether oxygens (including phenoxy) is 1. The van der Waals surface area contributed by atoms with E-state index >= 15 is 0 Å². The average molecular weight is 396 g/mol. The molecular weight excluding hydrogens is 366 g/mol. The zero-order valence-corrected chi connectivity index (χ0v) is 16.9. The molecule has 1 heterocycles. The van der Waals surface area contributed by atoms with Crippen molar-refractivity contribution in [3.63, 3.8) is 0 Å². The van der Waals surface area contributed by atoms with Crippen LogP contribution in [0, 0.1) is 6.92 Å². The number of carbonyl (C=O) groups excluding carboxylic acids is 2. The minimum atomic E-state index is -0.147. The third kappa shape index (κ3) is 6.69. The van der Waals surface area contributed by atoms with E-state index in [1.54, 1.807) is 6.07 Å². The van der Waals surface area contributed by atoms with Crippen molar-refractivity contribution < 1.29 is 14.3 Å². The minimum Gasteiger partial charge on any atom is -0.379 e. The van der Waals surface area contributed by atoms with Crippen molar-refractivity contribution in [3.8, 4) is 0 Å². The molecule has 0 saturated carbocycles. The van der Waals surface area contributed by atoms with Crippen LogP contribution in [-0.4, -0.2) is 49.6 Å². The van der Waals surface area contributed by atoms with Gasteiger partial charge in [0, 0.05) is 44.7 Å². The van der Waals surface area contributed by atoms with Crippen LogP contribution in [0.4, 0.5) is 0 Å². The molecule has 2 amide bonds. The number of nitrogens with zero attached hydrogens (tertiary/aromatic N) is 1. The number of hydrogen-bond acceptors (Lipinski definition) is 4. The predicted octanol–water partition coefficient (Wildman–Crippen LogP) is 2.26. The molecule has 0 atom stereocenters.